The smallest absolute Gasteiger partial charge is 0.255 e. The summed E-state index contributed by atoms with van der Waals surface area (Å²) in [6, 6.07) is 3.99. The Balaban J connectivity index is 1.98. The molecule has 1 saturated carbocycles. The minimum atomic E-state index is 0.00674. The molecule has 1 aromatic rings. The maximum absolute atomic E-state index is 12.5. The van der Waals surface area contributed by atoms with Crippen LogP contribution in [0.15, 0.2) is 18.3 Å². The van der Waals surface area contributed by atoms with Gasteiger partial charge in [0.1, 0.15) is 5.82 Å². The minimum absolute atomic E-state index is 0.00674. The molecule has 0 aromatic carbocycles. The average molecular weight is 289 g/mol. The number of hydrogen-bond donors (Lipinski definition) is 2. The number of anilines is 1. The van der Waals surface area contributed by atoms with Crippen LogP contribution in [0.5, 0.6) is 0 Å². The number of nitrogens with one attached hydrogen (secondary N) is 2. The van der Waals surface area contributed by atoms with E-state index in [-0.39, 0.29) is 5.91 Å². The predicted octanol–water partition coefficient (Wildman–Crippen LogP) is 3.75. The third-order valence-electron chi connectivity index (χ3n) is 4.04. The van der Waals surface area contributed by atoms with Crippen molar-refractivity contribution in [2.75, 3.05) is 11.9 Å². The number of carbonyl (C=O) groups is 1. The number of nitrogens with zero attached hydrogens (tertiary/aromatic N) is 1. The van der Waals surface area contributed by atoms with Gasteiger partial charge < -0.3 is 10.6 Å². The minimum Gasteiger partial charge on any atom is -0.369 e. The molecule has 21 heavy (non-hydrogen) atoms. The van der Waals surface area contributed by atoms with Gasteiger partial charge in [-0.2, -0.15) is 0 Å². The zero-order valence-corrected chi connectivity index (χ0v) is 13.0. The zero-order valence-electron chi connectivity index (χ0n) is 13.0. The fourth-order valence-electron chi connectivity index (χ4n) is 2.84. The standard InChI is InChI=1S/C17H27N3O/c1-2-12-18-16-15(11-8-13-19-16)17(21)20-14-9-6-4-3-5-7-10-14/h8,11,13-14H,2-7,9-10,12H2,1H3,(H,18,19)(H,20,21). The number of rotatable bonds is 5. The van der Waals surface area contributed by atoms with Crippen LogP contribution in [-0.2, 0) is 0 Å². The summed E-state index contributed by atoms with van der Waals surface area (Å²) >= 11 is 0. The van der Waals surface area contributed by atoms with Crippen LogP contribution in [0.4, 0.5) is 5.82 Å². The Kier molecular flexibility index (Phi) is 6.51. The molecule has 1 aliphatic carbocycles. The van der Waals surface area contributed by atoms with Crippen molar-refractivity contribution in [3.63, 3.8) is 0 Å². The lowest BCUT2D eigenvalue weighted by Gasteiger charge is -2.21. The summed E-state index contributed by atoms with van der Waals surface area (Å²) < 4.78 is 0. The van der Waals surface area contributed by atoms with Crippen molar-refractivity contribution >= 4 is 11.7 Å². The van der Waals surface area contributed by atoms with Gasteiger partial charge in [-0.1, -0.05) is 39.0 Å². The van der Waals surface area contributed by atoms with Crippen molar-refractivity contribution in [2.24, 2.45) is 0 Å². The Hall–Kier alpha value is -1.58. The summed E-state index contributed by atoms with van der Waals surface area (Å²) in [5.41, 5.74) is 0.660. The maximum atomic E-state index is 12.5. The van der Waals surface area contributed by atoms with Gasteiger partial charge >= 0.3 is 0 Å². The van der Waals surface area contributed by atoms with Crippen LogP contribution < -0.4 is 10.6 Å². The fourth-order valence-corrected chi connectivity index (χ4v) is 2.84. The normalized spacial score (nSPS) is 16.8. The van der Waals surface area contributed by atoms with Crippen LogP contribution in [-0.4, -0.2) is 23.5 Å². The molecule has 4 nitrogen and oxygen atoms in total. The Morgan fingerprint density at radius 2 is 1.95 bits per heavy atom. The van der Waals surface area contributed by atoms with Gasteiger partial charge in [-0.25, -0.2) is 4.98 Å². The molecule has 0 bridgehead atoms. The number of hydrogen-bond acceptors (Lipinski definition) is 3. The van der Waals surface area contributed by atoms with Crippen LogP contribution in [0, 0.1) is 0 Å². The highest BCUT2D eigenvalue weighted by molar-refractivity contribution is 5.98. The molecule has 2 rings (SSSR count). The SMILES string of the molecule is CCCNc1ncccc1C(=O)NC1CCCCCCC1. The third kappa shape index (κ3) is 5.03. The van der Waals surface area contributed by atoms with E-state index in [9.17, 15) is 4.79 Å². The van der Waals surface area contributed by atoms with Gasteiger partial charge in [0.25, 0.3) is 5.91 Å². The topological polar surface area (TPSA) is 54.0 Å². The van der Waals surface area contributed by atoms with E-state index < -0.39 is 0 Å². The van der Waals surface area contributed by atoms with Gasteiger partial charge in [0.05, 0.1) is 5.56 Å². The quantitative estimate of drug-likeness (QED) is 0.868. The lowest BCUT2D eigenvalue weighted by Crippen LogP contribution is -2.35. The van der Waals surface area contributed by atoms with Crippen molar-refractivity contribution in [2.45, 2.75) is 64.3 Å². The van der Waals surface area contributed by atoms with Crippen LogP contribution in [0.3, 0.4) is 0 Å². The molecule has 0 saturated heterocycles. The first-order valence-corrected chi connectivity index (χ1v) is 8.31. The number of amides is 1. The van der Waals surface area contributed by atoms with Crippen molar-refractivity contribution in [3.05, 3.63) is 23.9 Å². The Labute approximate surface area is 127 Å². The summed E-state index contributed by atoms with van der Waals surface area (Å²) in [5.74, 6) is 0.704. The first-order valence-electron chi connectivity index (χ1n) is 8.31. The Bertz CT molecular complexity index is 439. The summed E-state index contributed by atoms with van der Waals surface area (Å²) in [4.78, 5) is 16.8. The van der Waals surface area contributed by atoms with Gasteiger partial charge in [-0.05, 0) is 31.4 Å². The van der Waals surface area contributed by atoms with Crippen molar-refractivity contribution < 1.29 is 4.79 Å². The molecule has 4 heteroatoms. The summed E-state index contributed by atoms with van der Waals surface area (Å²) in [6.07, 6.45) is 11.3. The summed E-state index contributed by atoms with van der Waals surface area (Å²) in [5, 5.41) is 6.43. The molecular formula is C17H27N3O. The molecule has 1 aliphatic rings. The highest BCUT2D eigenvalue weighted by Crippen LogP contribution is 2.18. The first kappa shape index (κ1) is 15.8. The van der Waals surface area contributed by atoms with Gasteiger partial charge in [-0.3, -0.25) is 4.79 Å². The molecule has 1 amide bonds. The van der Waals surface area contributed by atoms with Gasteiger partial charge in [0.15, 0.2) is 0 Å². The zero-order chi connectivity index (χ0) is 14.9. The highest BCUT2D eigenvalue weighted by Gasteiger charge is 2.17. The van der Waals surface area contributed by atoms with Crippen molar-refractivity contribution in [1.82, 2.24) is 10.3 Å². The second kappa shape index (κ2) is 8.65. The van der Waals surface area contributed by atoms with E-state index in [1.54, 1.807) is 6.20 Å². The lowest BCUT2D eigenvalue weighted by atomic mass is 9.96. The van der Waals surface area contributed by atoms with E-state index in [1.165, 1.54) is 32.1 Å². The predicted molar refractivity (Wildman–Crippen MR) is 86.6 cm³/mol. The highest BCUT2D eigenvalue weighted by atomic mass is 16.1. The Morgan fingerprint density at radius 1 is 1.24 bits per heavy atom. The van der Waals surface area contributed by atoms with Crippen molar-refractivity contribution in [1.29, 1.82) is 0 Å². The molecule has 1 aromatic heterocycles. The van der Waals surface area contributed by atoms with E-state index in [1.807, 2.05) is 12.1 Å². The molecule has 1 fully saturated rings. The number of aromatic nitrogens is 1. The molecule has 116 valence electrons. The van der Waals surface area contributed by atoms with E-state index in [0.717, 1.165) is 25.8 Å². The molecule has 0 atom stereocenters. The monoisotopic (exact) mass is 289 g/mol. The van der Waals surface area contributed by atoms with Crippen LogP contribution in [0.1, 0.15) is 68.6 Å². The van der Waals surface area contributed by atoms with Crippen molar-refractivity contribution in [3.8, 4) is 0 Å². The average Bonchev–Trinajstić information content (AvgIpc) is 2.48. The van der Waals surface area contributed by atoms with Crippen LogP contribution in [0.25, 0.3) is 0 Å². The molecule has 0 aliphatic heterocycles. The van der Waals surface area contributed by atoms with E-state index in [4.69, 9.17) is 0 Å². The van der Waals surface area contributed by atoms with Gasteiger partial charge in [0.2, 0.25) is 0 Å². The second-order valence-electron chi connectivity index (χ2n) is 5.84. The molecular weight excluding hydrogens is 262 g/mol. The van der Waals surface area contributed by atoms with Gasteiger partial charge in [0, 0.05) is 18.8 Å². The fraction of sp³-hybridized carbons (Fsp3) is 0.647. The molecule has 0 radical (unpaired) electrons. The molecule has 2 N–H and O–H groups in total. The molecule has 1 heterocycles. The van der Waals surface area contributed by atoms with E-state index in [2.05, 4.69) is 22.5 Å². The van der Waals surface area contributed by atoms with Gasteiger partial charge in [-0.15, -0.1) is 0 Å². The Morgan fingerprint density at radius 3 is 2.67 bits per heavy atom. The summed E-state index contributed by atoms with van der Waals surface area (Å²) in [6.45, 7) is 2.94. The van der Waals surface area contributed by atoms with E-state index >= 15 is 0 Å². The van der Waals surface area contributed by atoms with E-state index in [0.29, 0.717) is 17.4 Å². The van der Waals surface area contributed by atoms with Crippen LogP contribution >= 0.6 is 0 Å². The second-order valence-corrected chi connectivity index (χ2v) is 5.84. The first-order chi connectivity index (χ1) is 10.3. The number of carbonyl (C=O) groups excluding carboxylic acids is 1. The summed E-state index contributed by atoms with van der Waals surface area (Å²) in [7, 11) is 0. The molecule has 0 spiro atoms. The van der Waals surface area contributed by atoms with Crippen LogP contribution in [0.2, 0.25) is 0 Å². The third-order valence-corrected chi connectivity index (χ3v) is 4.04. The molecule has 0 unspecified atom stereocenters. The maximum Gasteiger partial charge on any atom is 0.255 e. The number of pyridine rings is 1. The largest absolute Gasteiger partial charge is 0.369 e. The lowest BCUT2D eigenvalue weighted by molar-refractivity contribution is 0.0931.